The number of likely N-dealkylation sites (N-methyl/N-ethyl adjacent to an activating group) is 1. The third kappa shape index (κ3) is 5.06. The number of nitrogens with zero attached hydrogens (tertiary/aromatic N) is 1. The first-order chi connectivity index (χ1) is 11.1. The van der Waals surface area contributed by atoms with Crippen molar-refractivity contribution in [1.82, 2.24) is 15.5 Å². The molecule has 0 spiro atoms. The van der Waals surface area contributed by atoms with Gasteiger partial charge in [-0.05, 0) is 37.8 Å². The van der Waals surface area contributed by atoms with Crippen molar-refractivity contribution in [2.45, 2.75) is 31.7 Å². The molecule has 1 aliphatic heterocycles. The number of benzene rings is 1. The number of nitrogens with one attached hydrogen (secondary N) is 2. The standard InChI is InChI=1S/C18H27N3O2/c1-19-16(12-14-6-4-3-5-7-14)18(23)21-10-8-15(9-11-21)13-17(22)20-2/h3-7,15-16,19H,8-13H2,1-2H3,(H,20,22). The van der Waals surface area contributed by atoms with E-state index < -0.39 is 0 Å². The average Bonchev–Trinajstić information content (AvgIpc) is 2.60. The fraction of sp³-hybridized carbons (Fsp3) is 0.556. The number of carbonyl (C=O) groups excluding carboxylic acids is 2. The molecule has 1 aromatic carbocycles. The van der Waals surface area contributed by atoms with Crippen LogP contribution in [0, 0.1) is 5.92 Å². The van der Waals surface area contributed by atoms with Crippen molar-refractivity contribution in [2.24, 2.45) is 5.92 Å². The molecule has 1 fully saturated rings. The second kappa shape index (κ2) is 8.67. The SMILES string of the molecule is CNC(=O)CC1CCN(C(=O)C(Cc2ccccc2)NC)CC1. The minimum Gasteiger partial charge on any atom is -0.359 e. The van der Waals surface area contributed by atoms with Gasteiger partial charge in [-0.3, -0.25) is 9.59 Å². The van der Waals surface area contributed by atoms with Gasteiger partial charge in [0.05, 0.1) is 6.04 Å². The highest BCUT2D eigenvalue weighted by atomic mass is 16.2. The minimum atomic E-state index is -0.187. The van der Waals surface area contributed by atoms with E-state index in [-0.39, 0.29) is 17.9 Å². The molecule has 1 aliphatic rings. The summed E-state index contributed by atoms with van der Waals surface area (Å²) in [5.41, 5.74) is 1.16. The number of piperidine rings is 1. The van der Waals surface area contributed by atoms with Crippen molar-refractivity contribution in [2.75, 3.05) is 27.2 Å². The Morgan fingerprint density at radius 1 is 1.17 bits per heavy atom. The summed E-state index contributed by atoms with van der Waals surface area (Å²) in [5, 5.41) is 5.82. The molecule has 0 aliphatic carbocycles. The number of hydrogen-bond donors (Lipinski definition) is 2. The lowest BCUT2D eigenvalue weighted by atomic mass is 9.92. The third-order valence-corrected chi connectivity index (χ3v) is 4.61. The Hall–Kier alpha value is -1.88. The number of hydrogen-bond acceptors (Lipinski definition) is 3. The van der Waals surface area contributed by atoms with Crippen LogP contribution in [0.15, 0.2) is 30.3 Å². The fourth-order valence-corrected chi connectivity index (χ4v) is 3.10. The number of rotatable bonds is 6. The van der Waals surface area contributed by atoms with Gasteiger partial charge in [0.25, 0.3) is 0 Å². The Morgan fingerprint density at radius 3 is 2.39 bits per heavy atom. The van der Waals surface area contributed by atoms with Crippen LogP contribution in [0.25, 0.3) is 0 Å². The van der Waals surface area contributed by atoms with Crippen LogP contribution in [0.4, 0.5) is 0 Å². The Bertz CT molecular complexity index is 510. The van der Waals surface area contributed by atoms with Gasteiger partial charge < -0.3 is 15.5 Å². The van der Waals surface area contributed by atoms with Crippen LogP contribution in [0.1, 0.15) is 24.8 Å². The van der Waals surface area contributed by atoms with Crippen LogP contribution in [-0.4, -0.2) is 49.9 Å². The molecular weight excluding hydrogens is 290 g/mol. The average molecular weight is 317 g/mol. The normalized spacial score (nSPS) is 16.9. The smallest absolute Gasteiger partial charge is 0.240 e. The van der Waals surface area contributed by atoms with E-state index in [9.17, 15) is 9.59 Å². The highest BCUT2D eigenvalue weighted by molar-refractivity contribution is 5.82. The summed E-state index contributed by atoms with van der Waals surface area (Å²) in [5.74, 6) is 0.642. The van der Waals surface area contributed by atoms with E-state index in [0.717, 1.165) is 31.5 Å². The van der Waals surface area contributed by atoms with Crippen LogP contribution < -0.4 is 10.6 Å². The van der Waals surface area contributed by atoms with Crippen molar-refractivity contribution < 1.29 is 9.59 Å². The van der Waals surface area contributed by atoms with E-state index in [1.807, 2.05) is 42.3 Å². The molecule has 5 heteroatoms. The molecule has 1 unspecified atom stereocenters. The molecule has 1 saturated heterocycles. The molecule has 0 saturated carbocycles. The highest BCUT2D eigenvalue weighted by Gasteiger charge is 2.28. The predicted octanol–water partition coefficient (Wildman–Crippen LogP) is 1.19. The monoisotopic (exact) mass is 317 g/mol. The molecule has 0 aromatic heterocycles. The summed E-state index contributed by atoms with van der Waals surface area (Å²) in [4.78, 5) is 26.1. The maximum atomic E-state index is 12.7. The first kappa shape index (κ1) is 17.5. The summed E-state index contributed by atoms with van der Waals surface area (Å²) < 4.78 is 0. The van der Waals surface area contributed by atoms with Crippen LogP contribution in [0.2, 0.25) is 0 Å². The zero-order valence-corrected chi connectivity index (χ0v) is 14.0. The Balaban J connectivity index is 1.86. The van der Waals surface area contributed by atoms with Gasteiger partial charge in [-0.2, -0.15) is 0 Å². The third-order valence-electron chi connectivity index (χ3n) is 4.61. The summed E-state index contributed by atoms with van der Waals surface area (Å²) in [7, 11) is 3.51. The molecule has 2 rings (SSSR count). The van der Waals surface area contributed by atoms with Crippen LogP contribution in [0.3, 0.4) is 0 Å². The lowest BCUT2D eigenvalue weighted by molar-refractivity contribution is -0.134. The summed E-state index contributed by atoms with van der Waals surface area (Å²) in [6, 6.07) is 9.89. The Morgan fingerprint density at radius 2 is 1.83 bits per heavy atom. The number of carbonyl (C=O) groups is 2. The van der Waals surface area contributed by atoms with Crippen LogP contribution >= 0.6 is 0 Å². The zero-order chi connectivity index (χ0) is 16.7. The highest BCUT2D eigenvalue weighted by Crippen LogP contribution is 2.21. The molecule has 1 aromatic rings. The second-order valence-corrected chi connectivity index (χ2v) is 6.18. The molecule has 2 N–H and O–H groups in total. The van der Waals surface area contributed by atoms with E-state index >= 15 is 0 Å². The first-order valence-electron chi connectivity index (χ1n) is 8.34. The topological polar surface area (TPSA) is 61.4 Å². The molecule has 0 bridgehead atoms. The van der Waals surface area contributed by atoms with Gasteiger partial charge in [0.1, 0.15) is 0 Å². The molecule has 1 heterocycles. The van der Waals surface area contributed by atoms with Crippen molar-refractivity contribution >= 4 is 11.8 Å². The second-order valence-electron chi connectivity index (χ2n) is 6.18. The van der Waals surface area contributed by atoms with Gasteiger partial charge in [0, 0.05) is 26.6 Å². The summed E-state index contributed by atoms with van der Waals surface area (Å²) in [6.45, 7) is 1.49. The quantitative estimate of drug-likeness (QED) is 0.828. The fourth-order valence-electron chi connectivity index (χ4n) is 3.10. The van der Waals surface area contributed by atoms with E-state index in [1.165, 1.54) is 0 Å². The van der Waals surface area contributed by atoms with E-state index in [1.54, 1.807) is 7.05 Å². The van der Waals surface area contributed by atoms with Gasteiger partial charge in [0.15, 0.2) is 0 Å². The van der Waals surface area contributed by atoms with E-state index in [0.29, 0.717) is 18.8 Å². The lowest BCUT2D eigenvalue weighted by Gasteiger charge is -2.34. The Kier molecular flexibility index (Phi) is 6.59. The predicted molar refractivity (Wildman–Crippen MR) is 91.0 cm³/mol. The largest absolute Gasteiger partial charge is 0.359 e. The van der Waals surface area contributed by atoms with Crippen molar-refractivity contribution in [3.05, 3.63) is 35.9 Å². The van der Waals surface area contributed by atoms with Crippen molar-refractivity contribution in [3.63, 3.8) is 0 Å². The Labute approximate surface area is 138 Å². The van der Waals surface area contributed by atoms with Gasteiger partial charge in [-0.25, -0.2) is 0 Å². The summed E-state index contributed by atoms with van der Waals surface area (Å²) in [6.07, 6.45) is 3.08. The minimum absolute atomic E-state index is 0.0898. The maximum absolute atomic E-state index is 12.7. The molecule has 2 amide bonds. The molecule has 126 valence electrons. The molecule has 5 nitrogen and oxygen atoms in total. The van der Waals surface area contributed by atoms with Crippen molar-refractivity contribution in [1.29, 1.82) is 0 Å². The molecule has 1 atom stereocenters. The van der Waals surface area contributed by atoms with E-state index in [4.69, 9.17) is 0 Å². The van der Waals surface area contributed by atoms with Gasteiger partial charge in [-0.1, -0.05) is 30.3 Å². The number of likely N-dealkylation sites (tertiary alicyclic amines) is 1. The first-order valence-corrected chi connectivity index (χ1v) is 8.34. The van der Waals surface area contributed by atoms with Crippen LogP contribution in [0.5, 0.6) is 0 Å². The van der Waals surface area contributed by atoms with Gasteiger partial charge in [-0.15, -0.1) is 0 Å². The van der Waals surface area contributed by atoms with E-state index in [2.05, 4.69) is 10.6 Å². The van der Waals surface area contributed by atoms with Gasteiger partial charge >= 0.3 is 0 Å². The molecule has 23 heavy (non-hydrogen) atoms. The van der Waals surface area contributed by atoms with Crippen molar-refractivity contribution in [3.8, 4) is 0 Å². The maximum Gasteiger partial charge on any atom is 0.240 e. The van der Waals surface area contributed by atoms with Gasteiger partial charge in [0.2, 0.25) is 11.8 Å². The zero-order valence-electron chi connectivity index (χ0n) is 14.0. The molecular formula is C18H27N3O2. The molecule has 0 radical (unpaired) electrons. The summed E-state index contributed by atoms with van der Waals surface area (Å²) >= 11 is 0. The lowest BCUT2D eigenvalue weighted by Crippen LogP contribution is -2.49. The number of amides is 2. The van der Waals surface area contributed by atoms with Crippen LogP contribution in [-0.2, 0) is 16.0 Å².